The normalized spacial score (nSPS) is 23.1. The molecule has 12 heteroatoms. The molecule has 2 aromatic carbocycles. The van der Waals surface area contributed by atoms with E-state index in [-0.39, 0.29) is 19.8 Å². The Balaban J connectivity index is 1.43. The summed E-state index contributed by atoms with van der Waals surface area (Å²) in [5.41, 5.74) is 1.24. The highest BCUT2D eigenvalue weighted by Crippen LogP contribution is 2.44. The zero-order valence-corrected chi connectivity index (χ0v) is 24.7. The van der Waals surface area contributed by atoms with Crippen LogP contribution in [0.15, 0.2) is 55.0 Å². The molecule has 1 aliphatic heterocycles. The Morgan fingerprint density at radius 1 is 0.923 bits per heavy atom. The van der Waals surface area contributed by atoms with E-state index < -0.39 is 24.0 Å². The largest absolute Gasteiger partial charge is 0.374 e. The Hall–Kier alpha value is -1.65. The van der Waals surface area contributed by atoms with Gasteiger partial charge in [0.25, 0.3) is 0 Å². The lowest BCUT2D eigenvalue weighted by Crippen LogP contribution is -2.47. The zero-order valence-electron chi connectivity index (χ0n) is 20.9. The van der Waals surface area contributed by atoms with Crippen LogP contribution in [0.4, 0.5) is 0 Å². The second kappa shape index (κ2) is 12.1. The van der Waals surface area contributed by atoms with Gasteiger partial charge in [-0.2, -0.15) is 0 Å². The molecule has 1 fully saturated rings. The number of hydrogen-bond acceptors (Lipinski definition) is 6. The Kier molecular flexibility index (Phi) is 8.93. The van der Waals surface area contributed by atoms with Crippen LogP contribution in [-0.2, 0) is 32.2 Å². The molecule has 0 N–H and O–H groups in total. The fraction of sp³-hybridized carbons (Fsp3) is 0.333. The molecule has 1 unspecified atom stereocenters. The van der Waals surface area contributed by atoms with Gasteiger partial charge in [0.1, 0.15) is 34.9 Å². The highest BCUT2D eigenvalue weighted by Gasteiger charge is 2.56. The first-order chi connectivity index (χ1) is 18.7. The summed E-state index contributed by atoms with van der Waals surface area (Å²) in [7, 11) is 1.62. The molecule has 7 nitrogen and oxygen atoms in total. The Labute approximate surface area is 250 Å². The van der Waals surface area contributed by atoms with E-state index in [0.717, 1.165) is 11.1 Å². The molecule has 0 amide bonds. The molecule has 4 atom stereocenters. The average molecular weight is 632 g/mol. The van der Waals surface area contributed by atoms with Crippen LogP contribution in [-0.4, -0.2) is 46.1 Å². The predicted octanol–water partition coefficient (Wildman–Crippen LogP) is 7.80. The van der Waals surface area contributed by atoms with Gasteiger partial charge >= 0.3 is 0 Å². The molecule has 206 valence electrons. The van der Waals surface area contributed by atoms with E-state index in [2.05, 4.69) is 9.97 Å². The van der Waals surface area contributed by atoms with Crippen molar-refractivity contribution in [1.29, 1.82) is 0 Å². The highest BCUT2D eigenvalue weighted by molar-refractivity contribution is 6.35. The Bertz CT molecular complexity index is 1490. The zero-order chi connectivity index (χ0) is 27.7. The summed E-state index contributed by atoms with van der Waals surface area (Å²) in [6, 6.07) is 12.4. The Morgan fingerprint density at radius 3 is 2.23 bits per heavy atom. The van der Waals surface area contributed by atoms with Crippen molar-refractivity contribution in [1.82, 2.24) is 14.5 Å². The molecule has 0 saturated carbocycles. The van der Waals surface area contributed by atoms with E-state index in [1.54, 1.807) is 31.4 Å². The number of ether oxygens (including phenoxy) is 4. The van der Waals surface area contributed by atoms with Crippen LogP contribution in [0.2, 0.25) is 25.2 Å². The first-order valence-corrected chi connectivity index (χ1v) is 13.8. The summed E-state index contributed by atoms with van der Waals surface area (Å²) in [6.45, 7) is 2.59. The second-order valence-corrected chi connectivity index (χ2v) is 11.3. The number of nitrogens with zero attached hydrogens (tertiary/aromatic N) is 3. The van der Waals surface area contributed by atoms with Crippen LogP contribution >= 0.6 is 58.0 Å². The van der Waals surface area contributed by atoms with Gasteiger partial charge in [0.2, 0.25) is 0 Å². The Morgan fingerprint density at radius 2 is 1.59 bits per heavy atom. The van der Waals surface area contributed by atoms with E-state index >= 15 is 0 Å². The third-order valence-corrected chi connectivity index (χ3v) is 8.31. The van der Waals surface area contributed by atoms with Crippen molar-refractivity contribution < 1.29 is 18.9 Å². The summed E-state index contributed by atoms with van der Waals surface area (Å²) >= 11 is 31.2. The minimum Gasteiger partial charge on any atom is -0.374 e. The number of halogens is 5. The molecule has 4 aromatic rings. The molecule has 3 heterocycles. The minimum atomic E-state index is -0.950. The van der Waals surface area contributed by atoms with E-state index in [1.807, 2.05) is 35.9 Å². The lowest BCUT2D eigenvalue weighted by molar-refractivity contribution is -0.135. The first-order valence-electron chi connectivity index (χ1n) is 12.0. The molecule has 1 saturated heterocycles. The maximum atomic E-state index is 6.57. The van der Waals surface area contributed by atoms with Gasteiger partial charge in [0.05, 0.1) is 25.2 Å². The molecular formula is C27H24Cl5N3O4. The lowest BCUT2D eigenvalue weighted by atomic mass is 9.95. The monoisotopic (exact) mass is 629 g/mol. The molecule has 39 heavy (non-hydrogen) atoms. The molecule has 0 radical (unpaired) electrons. The summed E-state index contributed by atoms with van der Waals surface area (Å²) in [4.78, 5) is 8.51. The van der Waals surface area contributed by atoms with Crippen LogP contribution in [0, 0.1) is 0 Å². The number of methoxy groups -OCH3 is 1. The molecule has 0 bridgehead atoms. The molecule has 5 rings (SSSR count). The molecular weight excluding hydrogens is 608 g/mol. The SMILES string of the molecule is CO[C@@]1(C)C(n2ccc3c(Cl)ncnc32)O[C@H](COCc2ccc(Cl)cc2Cl)[C@H]1OCc1ccc(Cl)cc1Cl. The van der Waals surface area contributed by atoms with E-state index in [9.17, 15) is 0 Å². The third-order valence-electron chi connectivity index (χ3n) is 6.84. The summed E-state index contributed by atoms with van der Waals surface area (Å²) in [5.74, 6) is 0. The van der Waals surface area contributed by atoms with Crippen molar-refractivity contribution in [3.05, 3.63) is 91.4 Å². The van der Waals surface area contributed by atoms with Gasteiger partial charge in [0.15, 0.2) is 6.23 Å². The van der Waals surface area contributed by atoms with E-state index in [0.29, 0.717) is 36.3 Å². The van der Waals surface area contributed by atoms with Crippen molar-refractivity contribution in [3.8, 4) is 0 Å². The fourth-order valence-electron chi connectivity index (χ4n) is 4.71. The minimum absolute atomic E-state index is 0.197. The smallest absolute Gasteiger partial charge is 0.167 e. The van der Waals surface area contributed by atoms with Gasteiger partial charge in [-0.15, -0.1) is 0 Å². The number of benzene rings is 2. The van der Waals surface area contributed by atoms with Crippen LogP contribution in [0.3, 0.4) is 0 Å². The number of hydrogen-bond donors (Lipinski definition) is 0. The van der Waals surface area contributed by atoms with Crippen molar-refractivity contribution >= 4 is 69.0 Å². The lowest BCUT2D eigenvalue weighted by Gasteiger charge is -2.34. The van der Waals surface area contributed by atoms with Gasteiger partial charge < -0.3 is 23.5 Å². The van der Waals surface area contributed by atoms with Crippen LogP contribution in [0.1, 0.15) is 24.3 Å². The molecule has 2 aromatic heterocycles. The number of aromatic nitrogens is 3. The van der Waals surface area contributed by atoms with E-state index in [1.165, 1.54) is 6.33 Å². The maximum absolute atomic E-state index is 6.57. The summed E-state index contributed by atoms with van der Waals surface area (Å²) in [5, 5.41) is 3.17. The van der Waals surface area contributed by atoms with Crippen molar-refractivity contribution in [2.45, 2.75) is 44.2 Å². The van der Waals surface area contributed by atoms with Gasteiger partial charge in [-0.1, -0.05) is 70.1 Å². The predicted molar refractivity (Wildman–Crippen MR) is 153 cm³/mol. The van der Waals surface area contributed by atoms with Crippen molar-refractivity contribution in [2.24, 2.45) is 0 Å². The van der Waals surface area contributed by atoms with Gasteiger partial charge in [-0.25, -0.2) is 9.97 Å². The van der Waals surface area contributed by atoms with Crippen LogP contribution in [0.25, 0.3) is 11.0 Å². The fourth-order valence-corrected chi connectivity index (χ4v) is 5.83. The maximum Gasteiger partial charge on any atom is 0.167 e. The quantitative estimate of drug-likeness (QED) is 0.176. The third kappa shape index (κ3) is 5.89. The van der Waals surface area contributed by atoms with Gasteiger partial charge in [0, 0.05) is 33.4 Å². The first kappa shape index (κ1) is 28.9. The topological polar surface area (TPSA) is 67.6 Å². The van der Waals surface area contributed by atoms with Gasteiger partial charge in [-0.3, -0.25) is 0 Å². The van der Waals surface area contributed by atoms with Crippen LogP contribution < -0.4 is 0 Å². The number of rotatable bonds is 9. The van der Waals surface area contributed by atoms with Gasteiger partial charge in [-0.05, 0) is 48.4 Å². The summed E-state index contributed by atoms with van der Waals surface area (Å²) < 4.78 is 27.1. The highest BCUT2D eigenvalue weighted by atomic mass is 35.5. The average Bonchev–Trinajstić information content (AvgIpc) is 3.45. The summed E-state index contributed by atoms with van der Waals surface area (Å²) in [6.07, 6.45) is 1.55. The second-order valence-electron chi connectivity index (χ2n) is 9.26. The molecule has 1 aliphatic rings. The number of fused-ring (bicyclic) bond motifs is 1. The standard InChI is InChI=1S/C27H24Cl5N3O4/c1-27(36-2)23(38-12-16-4-6-18(29)10-21(16)31)22(13-37-11-15-3-5-17(28)9-20(15)30)39-26(27)35-8-7-19-24(32)33-14-34-25(19)35/h3-10,14,22-23,26H,11-13H2,1-2H3/t22-,23-,26?,27-/m1/s1. The molecule has 0 spiro atoms. The van der Waals surface area contributed by atoms with Crippen molar-refractivity contribution in [2.75, 3.05) is 13.7 Å². The van der Waals surface area contributed by atoms with Crippen LogP contribution in [0.5, 0.6) is 0 Å². The van der Waals surface area contributed by atoms with Crippen molar-refractivity contribution in [3.63, 3.8) is 0 Å². The van der Waals surface area contributed by atoms with E-state index in [4.69, 9.17) is 77.0 Å². The molecule has 0 aliphatic carbocycles.